The first-order chi connectivity index (χ1) is 11.4. The minimum Gasteiger partial charge on any atom is -0.495 e. The largest absolute Gasteiger partial charge is 0.495 e. The van der Waals surface area contributed by atoms with E-state index in [2.05, 4.69) is 0 Å². The Kier molecular flexibility index (Phi) is 4.30. The molecule has 1 fully saturated rings. The number of nitrogens with one attached hydrogen (secondary N) is 1. The fourth-order valence-electron chi connectivity index (χ4n) is 2.56. The summed E-state index contributed by atoms with van der Waals surface area (Å²) >= 11 is 12.4. The number of hydrogen-bond donors (Lipinski definition) is 1. The maximum atomic E-state index is 11.8. The van der Waals surface area contributed by atoms with Crippen LogP contribution in [0.15, 0.2) is 36.4 Å². The van der Waals surface area contributed by atoms with E-state index in [4.69, 9.17) is 27.9 Å². The quantitative estimate of drug-likeness (QED) is 0.516. The van der Waals surface area contributed by atoms with Crippen molar-refractivity contribution < 1.29 is 19.1 Å². The number of carbonyl (C=O) groups excluding carboxylic acids is 3. The molecule has 0 aliphatic carbocycles. The predicted octanol–water partition coefficient (Wildman–Crippen LogP) is 2.98. The number of Topliss-reactive ketones (excluding diaryl/α,β-unsaturated/α-hetero) is 1. The summed E-state index contributed by atoms with van der Waals surface area (Å²) in [5.74, 6) is -2.86. The third kappa shape index (κ3) is 2.77. The van der Waals surface area contributed by atoms with Crippen LogP contribution in [0.25, 0.3) is 11.1 Å². The van der Waals surface area contributed by atoms with Crippen LogP contribution in [-0.4, -0.2) is 24.7 Å². The van der Waals surface area contributed by atoms with Crippen molar-refractivity contribution in [2.45, 2.75) is 5.92 Å². The lowest BCUT2D eigenvalue weighted by Gasteiger charge is -2.11. The number of ether oxygens (including phenoxy) is 1. The first kappa shape index (κ1) is 16.5. The number of imide groups is 1. The molecular weight excluding hydrogens is 353 g/mol. The summed E-state index contributed by atoms with van der Waals surface area (Å²) in [6.07, 6.45) is 0. The molecule has 5 nitrogen and oxygen atoms in total. The van der Waals surface area contributed by atoms with Crippen molar-refractivity contribution in [2.24, 2.45) is 0 Å². The highest BCUT2D eigenvalue weighted by atomic mass is 35.5. The number of methoxy groups -OCH3 is 1. The van der Waals surface area contributed by atoms with E-state index in [1.807, 2.05) is 5.32 Å². The van der Waals surface area contributed by atoms with E-state index in [1.54, 1.807) is 36.4 Å². The molecule has 122 valence electrons. The van der Waals surface area contributed by atoms with Crippen molar-refractivity contribution in [3.05, 3.63) is 52.0 Å². The average molecular weight is 364 g/mol. The second-order valence-electron chi connectivity index (χ2n) is 5.20. The molecule has 1 atom stereocenters. The van der Waals surface area contributed by atoms with Crippen LogP contribution >= 0.6 is 23.2 Å². The Morgan fingerprint density at radius 3 is 2.21 bits per heavy atom. The molecule has 24 heavy (non-hydrogen) atoms. The Balaban J connectivity index is 1.96. The minimum atomic E-state index is -1.10. The lowest BCUT2D eigenvalue weighted by Crippen LogP contribution is -2.22. The van der Waals surface area contributed by atoms with Crippen LogP contribution in [0.3, 0.4) is 0 Å². The van der Waals surface area contributed by atoms with Gasteiger partial charge in [0.1, 0.15) is 11.7 Å². The molecule has 2 amide bonds. The molecule has 0 radical (unpaired) electrons. The van der Waals surface area contributed by atoms with Crippen LogP contribution in [0.2, 0.25) is 10.0 Å². The summed E-state index contributed by atoms with van der Waals surface area (Å²) < 4.78 is 5.11. The van der Waals surface area contributed by atoms with Crippen LogP contribution in [0.1, 0.15) is 11.5 Å². The maximum Gasteiger partial charge on any atom is 0.295 e. The molecular formula is C17H11Cl2NO4. The first-order valence-corrected chi connectivity index (χ1v) is 7.70. The monoisotopic (exact) mass is 363 g/mol. The Morgan fingerprint density at radius 2 is 1.67 bits per heavy atom. The third-order valence-electron chi connectivity index (χ3n) is 3.78. The molecule has 1 saturated heterocycles. The molecule has 7 heteroatoms. The van der Waals surface area contributed by atoms with E-state index in [0.717, 1.165) is 5.56 Å². The lowest BCUT2D eigenvalue weighted by molar-refractivity contribution is -0.135. The van der Waals surface area contributed by atoms with E-state index in [0.29, 0.717) is 26.9 Å². The summed E-state index contributed by atoms with van der Waals surface area (Å²) in [5.41, 5.74) is 1.89. The molecule has 1 N–H and O–H groups in total. The van der Waals surface area contributed by atoms with Crippen LogP contribution in [0, 0.1) is 0 Å². The second-order valence-corrected chi connectivity index (χ2v) is 6.02. The fourth-order valence-corrected chi connectivity index (χ4v) is 3.06. The summed E-state index contributed by atoms with van der Waals surface area (Å²) in [7, 11) is 1.50. The first-order valence-electron chi connectivity index (χ1n) is 6.94. The van der Waals surface area contributed by atoms with Gasteiger partial charge in [-0.3, -0.25) is 19.7 Å². The molecule has 1 unspecified atom stereocenters. The van der Waals surface area contributed by atoms with Crippen molar-refractivity contribution in [3.63, 3.8) is 0 Å². The fraction of sp³-hybridized carbons (Fsp3) is 0.118. The van der Waals surface area contributed by atoms with E-state index in [1.165, 1.54) is 7.11 Å². The zero-order chi connectivity index (χ0) is 17.4. The van der Waals surface area contributed by atoms with Crippen molar-refractivity contribution in [3.8, 4) is 16.9 Å². The van der Waals surface area contributed by atoms with Gasteiger partial charge in [0.15, 0.2) is 0 Å². The van der Waals surface area contributed by atoms with Gasteiger partial charge in [0.05, 0.1) is 17.2 Å². The van der Waals surface area contributed by atoms with Gasteiger partial charge in [-0.25, -0.2) is 0 Å². The highest BCUT2D eigenvalue weighted by Gasteiger charge is 2.41. The zero-order valence-corrected chi connectivity index (χ0v) is 13.9. The molecule has 3 rings (SSSR count). The van der Waals surface area contributed by atoms with Crippen molar-refractivity contribution >= 4 is 40.8 Å². The van der Waals surface area contributed by atoms with Gasteiger partial charge < -0.3 is 4.74 Å². The van der Waals surface area contributed by atoms with E-state index < -0.39 is 23.5 Å². The van der Waals surface area contributed by atoms with Gasteiger partial charge in [-0.1, -0.05) is 47.5 Å². The third-order valence-corrected chi connectivity index (χ3v) is 4.39. The van der Waals surface area contributed by atoms with Gasteiger partial charge >= 0.3 is 0 Å². The van der Waals surface area contributed by atoms with Crippen molar-refractivity contribution in [1.82, 2.24) is 5.32 Å². The van der Waals surface area contributed by atoms with Crippen molar-refractivity contribution in [1.29, 1.82) is 0 Å². The van der Waals surface area contributed by atoms with Gasteiger partial charge in [-0.15, -0.1) is 0 Å². The Morgan fingerprint density at radius 1 is 1.00 bits per heavy atom. The molecule has 0 spiro atoms. The smallest absolute Gasteiger partial charge is 0.295 e. The molecule has 0 bridgehead atoms. The zero-order valence-electron chi connectivity index (χ0n) is 12.4. The molecule has 0 aromatic heterocycles. The minimum absolute atomic E-state index is 0.414. The molecule has 2 aromatic rings. The van der Waals surface area contributed by atoms with Crippen molar-refractivity contribution in [2.75, 3.05) is 7.11 Å². The van der Waals surface area contributed by atoms with Gasteiger partial charge in [-0.2, -0.15) is 0 Å². The molecule has 2 aromatic carbocycles. The normalized spacial score (nSPS) is 17.1. The van der Waals surface area contributed by atoms with Gasteiger partial charge in [0.25, 0.3) is 5.91 Å². The van der Waals surface area contributed by atoms with Crippen LogP contribution < -0.4 is 10.1 Å². The van der Waals surface area contributed by atoms with Gasteiger partial charge in [0.2, 0.25) is 11.7 Å². The summed E-state index contributed by atoms with van der Waals surface area (Å²) in [6.45, 7) is 0. The van der Waals surface area contributed by atoms with E-state index in [-0.39, 0.29) is 0 Å². The van der Waals surface area contributed by atoms with E-state index >= 15 is 0 Å². The number of halogens is 2. The Hall–Kier alpha value is -2.37. The Bertz CT molecular complexity index is 862. The number of carbonyl (C=O) groups is 3. The number of ketones is 1. The topological polar surface area (TPSA) is 72.5 Å². The van der Waals surface area contributed by atoms with Crippen LogP contribution in [0.5, 0.6) is 5.75 Å². The second kappa shape index (κ2) is 6.26. The highest BCUT2D eigenvalue weighted by Crippen LogP contribution is 2.37. The number of benzene rings is 2. The summed E-state index contributed by atoms with van der Waals surface area (Å²) in [5, 5.41) is 2.88. The Labute approximate surface area is 147 Å². The maximum absolute atomic E-state index is 11.8. The summed E-state index contributed by atoms with van der Waals surface area (Å²) in [4.78, 5) is 34.7. The highest BCUT2D eigenvalue weighted by molar-refractivity contribution is 6.50. The number of hydrogen-bond acceptors (Lipinski definition) is 4. The average Bonchev–Trinajstić information content (AvgIpc) is 2.82. The summed E-state index contributed by atoms with van der Waals surface area (Å²) in [6, 6.07) is 9.94. The molecule has 1 aliphatic heterocycles. The molecule has 0 saturated carbocycles. The standard InChI is InChI=1S/C17H11Cl2NO4/c1-24-13-7-11(18)10(6-12(13)19)8-2-4-9(5-3-8)14-15(21)17(23)20-16(14)22/h2-7,14H,1H3,(H,20,22,23). The SMILES string of the molecule is COc1cc(Cl)c(-c2ccc(C3C(=O)NC(=O)C3=O)cc2)cc1Cl. The lowest BCUT2D eigenvalue weighted by atomic mass is 9.94. The number of rotatable bonds is 3. The van der Waals surface area contributed by atoms with E-state index in [9.17, 15) is 14.4 Å². The van der Waals surface area contributed by atoms with Gasteiger partial charge in [-0.05, 0) is 17.2 Å². The molecule has 1 aliphatic rings. The molecule has 1 heterocycles. The van der Waals surface area contributed by atoms with Crippen LogP contribution in [-0.2, 0) is 14.4 Å². The van der Waals surface area contributed by atoms with Gasteiger partial charge in [0, 0.05) is 11.6 Å². The number of amides is 2. The predicted molar refractivity (Wildman–Crippen MR) is 89.3 cm³/mol. The van der Waals surface area contributed by atoms with Crippen LogP contribution in [0.4, 0.5) is 0 Å².